The molecule has 4 heteroatoms. The number of hydrogen-bond donors (Lipinski definition) is 1. The van der Waals surface area contributed by atoms with Crippen molar-refractivity contribution in [1.82, 2.24) is 10.1 Å². The van der Waals surface area contributed by atoms with E-state index in [1.54, 1.807) is 0 Å². The Kier molecular flexibility index (Phi) is 2.90. The van der Waals surface area contributed by atoms with Crippen molar-refractivity contribution in [2.24, 2.45) is 11.8 Å². The maximum Gasteiger partial charge on any atom is 0.229 e. The molecule has 0 saturated heterocycles. The largest absolute Gasteiger partial charge is 0.393 e. The Bertz CT molecular complexity index is 391. The predicted octanol–water partition coefficient (Wildman–Crippen LogP) is 2.29. The number of fused-ring (bicyclic) bond motifs is 2. The molecule has 1 N–H and O–H groups in total. The van der Waals surface area contributed by atoms with Crippen LogP contribution in [0.25, 0.3) is 0 Å². The SMILES string of the molecule is CCC(O)Cc1nc(C2CC3CCC2C3)no1. The van der Waals surface area contributed by atoms with Crippen molar-refractivity contribution in [3.8, 4) is 0 Å². The van der Waals surface area contributed by atoms with Crippen LogP contribution in [0, 0.1) is 11.8 Å². The molecule has 0 aromatic carbocycles. The van der Waals surface area contributed by atoms with E-state index >= 15 is 0 Å². The zero-order chi connectivity index (χ0) is 11.8. The van der Waals surface area contributed by atoms with Gasteiger partial charge < -0.3 is 9.63 Å². The van der Waals surface area contributed by atoms with Crippen LogP contribution in [0.3, 0.4) is 0 Å². The van der Waals surface area contributed by atoms with Gasteiger partial charge in [0.25, 0.3) is 0 Å². The lowest BCUT2D eigenvalue weighted by Gasteiger charge is -2.17. The van der Waals surface area contributed by atoms with Crippen LogP contribution in [0.2, 0.25) is 0 Å². The summed E-state index contributed by atoms with van der Waals surface area (Å²) in [7, 11) is 0. The highest BCUT2D eigenvalue weighted by Gasteiger charge is 2.42. The van der Waals surface area contributed by atoms with Gasteiger partial charge in [0.05, 0.1) is 12.5 Å². The van der Waals surface area contributed by atoms with Crippen LogP contribution in [-0.4, -0.2) is 21.4 Å². The molecule has 2 bridgehead atoms. The van der Waals surface area contributed by atoms with E-state index in [9.17, 15) is 5.11 Å². The van der Waals surface area contributed by atoms with Crippen molar-refractivity contribution in [3.63, 3.8) is 0 Å². The quantitative estimate of drug-likeness (QED) is 0.871. The number of aromatic nitrogens is 2. The Morgan fingerprint density at radius 2 is 2.29 bits per heavy atom. The third kappa shape index (κ3) is 2.10. The Balaban J connectivity index is 1.68. The van der Waals surface area contributed by atoms with Crippen molar-refractivity contribution in [2.45, 2.75) is 57.5 Å². The van der Waals surface area contributed by atoms with E-state index in [1.165, 1.54) is 25.7 Å². The summed E-state index contributed by atoms with van der Waals surface area (Å²) in [5, 5.41) is 13.7. The summed E-state index contributed by atoms with van der Waals surface area (Å²) < 4.78 is 5.24. The molecule has 2 aliphatic rings. The third-order valence-corrected chi connectivity index (χ3v) is 4.44. The molecular weight excluding hydrogens is 216 g/mol. The first-order chi connectivity index (χ1) is 8.26. The fourth-order valence-electron chi connectivity index (χ4n) is 3.41. The molecule has 4 nitrogen and oxygen atoms in total. The third-order valence-electron chi connectivity index (χ3n) is 4.44. The lowest BCUT2D eigenvalue weighted by Crippen LogP contribution is -2.11. The lowest BCUT2D eigenvalue weighted by molar-refractivity contribution is 0.158. The predicted molar refractivity (Wildman–Crippen MR) is 62.5 cm³/mol. The molecule has 2 aliphatic carbocycles. The molecule has 4 atom stereocenters. The van der Waals surface area contributed by atoms with Gasteiger partial charge in [0.2, 0.25) is 5.89 Å². The molecule has 4 unspecified atom stereocenters. The Hall–Kier alpha value is -0.900. The van der Waals surface area contributed by atoms with E-state index in [1.807, 2.05) is 6.92 Å². The zero-order valence-electron chi connectivity index (χ0n) is 10.3. The first kappa shape index (κ1) is 11.2. The second kappa shape index (κ2) is 4.41. The Morgan fingerprint density at radius 3 is 2.94 bits per heavy atom. The van der Waals surface area contributed by atoms with Gasteiger partial charge in [-0.25, -0.2) is 0 Å². The fraction of sp³-hybridized carbons (Fsp3) is 0.846. The van der Waals surface area contributed by atoms with Gasteiger partial charge in [0.15, 0.2) is 5.82 Å². The van der Waals surface area contributed by atoms with Gasteiger partial charge in [-0.05, 0) is 37.5 Å². The first-order valence-electron chi connectivity index (χ1n) is 6.76. The minimum atomic E-state index is -0.358. The molecule has 94 valence electrons. The molecule has 1 heterocycles. The van der Waals surface area contributed by atoms with Gasteiger partial charge in [-0.1, -0.05) is 18.5 Å². The summed E-state index contributed by atoms with van der Waals surface area (Å²) in [6, 6.07) is 0. The first-order valence-corrected chi connectivity index (χ1v) is 6.76. The molecule has 17 heavy (non-hydrogen) atoms. The smallest absolute Gasteiger partial charge is 0.229 e. The minimum Gasteiger partial charge on any atom is -0.393 e. The van der Waals surface area contributed by atoms with Gasteiger partial charge in [-0.3, -0.25) is 0 Å². The molecule has 0 radical (unpaired) electrons. The highest BCUT2D eigenvalue weighted by atomic mass is 16.5. The van der Waals surface area contributed by atoms with Crippen LogP contribution in [0.1, 0.15) is 56.7 Å². The van der Waals surface area contributed by atoms with Crippen LogP contribution in [0.15, 0.2) is 4.52 Å². The number of nitrogens with zero attached hydrogens (tertiary/aromatic N) is 2. The Morgan fingerprint density at radius 1 is 1.41 bits per heavy atom. The average Bonchev–Trinajstić information content (AvgIpc) is 3.03. The number of rotatable bonds is 4. The summed E-state index contributed by atoms with van der Waals surface area (Å²) in [5.74, 6) is 3.67. The van der Waals surface area contributed by atoms with Crippen LogP contribution < -0.4 is 0 Å². The number of aliphatic hydroxyl groups excluding tert-OH is 1. The molecular formula is C13H20N2O2. The molecule has 0 amide bonds. The highest BCUT2D eigenvalue weighted by Crippen LogP contribution is 2.52. The van der Waals surface area contributed by atoms with Crippen LogP contribution >= 0.6 is 0 Å². The van der Waals surface area contributed by atoms with Gasteiger partial charge in [0.1, 0.15) is 0 Å². The minimum absolute atomic E-state index is 0.358. The second-order valence-electron chi connectivity index (χ2n) is 5.59. The van der Waals surface area contributed by atoms with Crippen molar-refractivity contribution >= 4 is 0 Å². The maximum atomic E-state index is 9.56. The summed E-state index contributed by atoms with van der Waals surface area (Å²) in [4.78, 5) is 4.46. The summed E-state index contributed by atoms with van der Waals surface area (Å²) >= 11 is 0. The molecule has 0 spiro atoms. The zero-order valence-corrected chi connectivity index (χ0v) is 10.3. The summed E-state index contributed by atoms with van der Waals surface area (Å²) in [6.07, 6.45) is 6.17. The molecule has 1 aromatic rings. The van der Waals surface area contributed by atoms with Gasteiger partial charge in [0, 0.05) is 5.92 Å². The number of aliphatic hydroxyl groups is 1. The van der Waals surface area contributed by atoms with E-state index in [0.717, 1.165) is 24.1 Å². The van der Waals surface area contributed by atoms with Crippen molar-refractivity contribution < 1.29 is 9.63 Å². The van der Waals surface area contributed by atoms with Crippen LogP contribution in [0.4, 0.5) is 0 Å². The van der Waals surface area contributed by atoms with Gasteiger partial charge in [-0.15, -0.1) is 0 Å². The second-order valence-corrected chi connectivity index (χ2v) is 5.59. The van der Waals surface area contributed by atoms with E-state index in [4.69, 9.17) is 4.52 Å². The van der Waals surface area contributed by atoms with Crippen molar-refractivity contribution in [1.29, 1.82) is 0 Å². The maximum absolute atomic E-state index is 9.56. The van der Waals surface area contributed by atoms with Gasteiger partial charge >= 0.3 is 0 Å². The monoisotopic (exact) mass is 236 g/mol. The summed E-state index contributed by atoms with van der Waals surface area (Å²) in [6.45, 7) is 1.96. The molecule has 0 aliphatic heterocycles. The van der Waals surface area contributed by atoms with E-state index in [0.29, 0.717) is 18.2 Å². The van der Waals surface area contributed by atoms with Crippen LogP contribution in [-0.2, 0) is 6.42 Å². The standard InChI is InChI=1S/C13H20N2O2/c1-2-10(16)7-12-14-13(15-17-12)11-6-8-3-4-9(11)5-8/h8-11,16H,2-7H2,1H3. The van der Waals surface area contributed by atoms with Crippen molar-refractivity contribution in [3.05, 3.63) is 11.7 Å². The highest BCUT2D eigenvalue weighted by molar-refractivity contribution is 5.06. The molecule has 2 fully saturated rings. The van der Waals surface area contributed by atoms with Gasteiger partial charge in [-0.2, -0.15) is 4.98 Å². The normalized spacial score (nSPS) is 33.2. The topological polar surface area (TPSA) is 59.2 Å². The average molecular weight is 236 g/mol. The van der Waals surface area contributed by atoms with E-state index in [-0.39, 0.29) is 6.10 Å². The van der Waals surface area contributed by atoms with Crippen LogP contribution in [0.5, 0.6) is 0 Å². The molecule has 3 rings (SSSR count). The molecule has 1 aromatic heterocycles. The van der Waals surface area contributed by atoms with Crippen molar-refractivity contribution in [2.75, 3.05) is 0 Å². The molecule has 2 saturated carbocycles. The lowest BCUT2D eigenvalue weighted by atomic mass is 9.88. The fourth-order valence-corrected chi connectivity index (χ4v) is 3.41. The summed E-state index contributed by atoms with van der Waals surface area (Å²) in [5.41, 5.74) is 0. The van der Waals surface area contributed by atoms with E-state index < -0.39 is 0 Å². The number of hydrogen-bond acceptors (Lipinski definition) is 4. The van der Waals surface area contributed by atoms with E-state index in [2.05, 4.69) is 10.1 Å². The Labute approximate surface area is 101 Å².